The van der Waals surface area contributed by atoms with E-state index in [1.807, 2.05) is 4.90 Å². The smallest absolute Gasteiger partial charge is 0.352 e. The number of alkyl halides is 3. The summed E-state index contributed by atoms with van der Waals surface area (Å²) in [6.45, 7) is 6.30. The molecule has 0 bridgehead atoms. The zero-order valence-corrected chi connectivity index (χ0v) is 17.0. The Kier molecular flexibility index (Phi) is 7.12. The molecular weight excluding hydrogens is 407 g/mol. The van der Waals surface area contributed by atoms with E-state index in [9.17, 15) is 22.8 Å². The minimum Gasteiger partial charge on any atom is -0.352 e. The van der Waals surface area contributed by atoms with E-state index in [0.717, 1.165) is 12.1 Å². The van der Waals surface area contributed by atoms with Crippen LogP contribution in [0.15, 0.2) is 61.2 Å². The van der Waals surface area contributed by atoms with E-state index in [4.69, 9.17) is 0 Å². The highest BCUT2D eigenvalue weighted by atomic mass is 19.4. The highest BCUT2D eigenvalue weighted by Gasteiger charge is 2.30. The minimum atomic E-state index is -4.41. The summed E-state index contributed by atoms with van der Waals surface area (Å²) in [5.74, 6) is -0.265. The first-order chi connectivity index (χ1) is 14.8. The second kappa shape index (κ2) is 9.78. The van der Waals surface area contributed by atoms with Crippen LogP contribution in [0.5, 0.6) is 0 Å². The van der Waals surface area contributed by atoms with Crippen LogP contribution >= 0.6 is 0 Å². The van der Waals surface area contributed by atoms with Gasteiger partial charge in [-0.25, -0.2) is 0 Å². The molecule has 0 unspecified atom stereocenters. The van der Waals surface area contributed by atoms with E-state index in [2.05, 4.69) is 11.9 Å². The van der Waals surface area contributed by atoms with Crippen molar-refractivity contribution in [3.63, 3.8) is 0 Å². The Balaban J connectivity index is 1.68. The van der Waals surface area contributed by atoms with Gasteiger partial charge in [0.25, 0.3) is 5.91 Å². The molecule has 0 spiro atoms. The van der Waals surface area contributed by atoms with Gasteiger partial charge in [-0.3, -0.25) is 14.5 Å². The van der Waals surface area contributed by atoms with Crippen molar-refractivity contribution in [1.29, 1.82) is 0 Å². The Morgan fingerprint density at radius 3 is 2.26 bits per heavy atom. The van der Waals surface area contributed by atoms with E-state index in [-0.39, 0.29) is 18.4 Å². The van der Waals surface area contributed by atoms with Crippen molar-refractivity contribution < 1.29 is 22.8 Å². The fraction of sp³-hybridized carbons (Fsp3) is 0.304. The fourth-order valence-electron chi connectivity index (χ4n) is 3.48. The molecule has 8 heteroatoms. The summed E-state index contributed by atoms with van der Waals surface area (Å²) in [5.41, 5.74) is 0.856. The van der Waals surface area contributed by atoms with Crippen molar-refractivity contribution >= 4 is 11.8 Å². The summed E-state index contributed by atoms with van der Waals surface area (Å²) in [6, 6.07) is 11.7. The van der Waals surface area contributed by atoms with Crippen molar-refractivity contribution in [3.05, 3.63) is 72.3 Å². The average Bonchev–Trinajstić information content (AvgIpc) is 2.77. The van der Waals surface area contributed by atoms with Crippen LogP contribution in [0.3, 0.4) is 0 Å². The number of carbonyl (C=O) groups is 2. The Hall–Kier alpha value is -3.13. The first-order valence-corrected chi connectivity index (χ1v) is 9.95. The highest BCUT2D eigenvalue weighted by Crippen LogP contribution is 2.32. The van der Waals surface area contributed by atoms with E-state index < -0.39 is 11.7 Å². The van der Waals surface area contributed by atoms with Gasteiger partial charge in [0.05, 0.1) is 12.1 Å². The zero-order valence-electron chi connectivity index (χ0n) is 17.0. The van der Waals surface area contributed by atoms with Gasteiger partial charge in [-0.1, -0.05) is 36.4 Å². The number of nitrogens with one attached hydrogen (secondary N) is 1. The molecule has 1 N–H and O–H groups in total. The largest absolute Gasteiger partial charge is 0.416 e. The molecule has 3 rings (SSSR count). The minimum absolute atomic E-state index is 0.0904. The Morgan fingerprint density at radius 1 is 1.00 bits per heavy atom. The summed E-state index contributed by atoms with van der Waals surface area (Å²) in [5, 5.41) is 2.73. The van der Waals surface area contributed by atoms with Gasteiger partial charge in [-0.15, -0.1) is 6.58 Å². The van der Waals surface area contributed by atoms with Crippen LogP contribution in [0.2, 0.25) is 0 Å². The van der Waals surface area contributed by atoms with Gasteiger partial charge in [0, 0.05) is 38.3 Å². The van der Waals surface area contributed by atoms with Gasteiger partial charge >= 0.3 is 6.18 Å². The number of benzene rings is 2. The number of nitrogens with zero attached hydrogens (tertiary/aromatic N) is 2. The van der Waals surface area contributed by atoms with Gasteiger partial charge in [0.2, 0.25) is 5.91 Å². The number of rotatable bonds is 6. The normalized spacial score (nSPS) is 14.9. The number of hydrogen-bond donors (Lipinski definition) is 1. The third-order valence-electron chi connectivity index (χ3n) is 5.15. The van der Waals surface area contributed by atoms with E-state index in [1.165, 1.54) is 12.1 Å². The third-order valence-corrected chi connectivity index (χ3v) is 5.15. The lowest BCUT2D eigenvalue weighted by atomic mass is 9.97. The maximum atomic E-state index is 13.1. The molecule has 0 atom stereocenters. The van der Waals surface area contributed by atoms with Crippen LogP contribution in [0, 0.1) is 0 Å². The molecule has 0 radical (unpaired) electrons. The number of hydrogen-bond acceptors (Lipinski definition) is 3. The maximum absolute atomic E-state index is 13.1. The Bertz CT molecular complexity index is 934. The van der Waals surface area contributed by atoms with Gasteiger partial charge in [0.1, 0.15) is 0 Å². The molecule has 1 fully saturated rings. The number of halogens is 3. The van der Waals surface area contributed by atoms with E-state index >= 15 is 0 Å². The van der Waals surface area contributed by atoms with Crippen LogP contribution in [-0.2, 0) is 11.0 Å². The SMILES string of the molecule is C=CCNC(=O)CN1CCN(C(=O)c2ccccc2-c2ccc(C(F)(F)F)cc2)CC1. The van der Waals surface area contributed by atoms with Crippen LogP contribution < -0.4 is 5.32 Å². The molecule has 2 aromatic rings. The van der Waals surface area contributed by atoms with Crippen molar-refractivity contribution in [3.8, 4) is 11.1 Å². The summed E-state index contributed by atoms with van der Waals surface area (Å²) >= 11 is 0. The van der Waals surface area contributed by atoms with Crippen molar-refractivity contribution in [2.24, 2.45) is 0 Å². The van der Waals surface area contributed by atoms with Crippen LogP contribution in [0.4, 0.5) is 13.2 Å². The van der Waals surface area contributed by atoms with Gasteiger partial charge in [0.15, 0.2) is 0 Å². The lowest BCUT2D eigenvalue weighted by Crippen LogP contribution is -2.51. The topological polar surface area (TPSA) is 52.7 Å². The highest BCUT2D eigenvalue weighted by molar-refractivity contribution is 6.01. The second-order valence-corrected chi connectivity index (χ2v) is 7.28. The Labute approximate surface area is 179 Å². The lowest BCUT2D eigenvalue weighted by Gasteiger charge is -2.34. The lowest BCUT2D eigenvalue weighted by molar-refractivity contribution is -0.137. The van der Waals surface area contributed by atoms with Gasteiger partial charge in [-0.05, 0) is 29.3 Å². The molecule has 2 amide bonds. The summed E-state index contributed by atoms with van der Waals surface area (Å²) in [6.07, 6.45) is -2.79. The standard InChI is InChI=1S/C23H24F3N3O2/c1-2-11-27-21(30)16-28-12-14-29(15-13-28)22(31)20-6-4-3-5-19(20)17-7-9-18(10-8-17)23(24,25)26/h2-10H,1,11-16H2,(H,27,30). The maximum Gasteiger partial charge on any atom is 0.416 e. The molecule has 0 aliphatic carbocycles. The zero-order chi connectivity index (χ0) is 22.4. The fourth-order valence-corrected chi connectivity index (χ4v) is 3.48. The van der Waals surface area contributed by atoms with Crippen molar-refractivity contribution in [2.45, 2.75) is 6.18 Å². The number of amides is 2. The Morgan fingerprint density at radius 2 is 1.65 bits per heavy atom. The molecule has 1 aliphatic heterocycles. The predicted molar refractivity (Wildman–Crippen MR) is 112 cm³/mol. The molecule has 0 aromatic heterocycles. The molecule has 5 nitrogen and oxygen atoms in total. The summed E-state index contributed by atoms with van der Waals surface area (Å²) < 4.78 is 38.6. The van der Waals surface area contributed by atoms with Crippen LogP contribution in [0.1, 0.15) is 15.9 Å². The summed E-state index contributed by atoms with van der Waals surface area (Å²) in [7, 11) is 0. The number of piperazine rings is 1. The molecule has 164 valence electrons. The monoisotopic (exact) mass is 431 g/mol. The summed E-state index contributed by atoms with van der Waals surface area (Å²) in [4.78, 5) is 28.7. The molecule has 1 saturated heterocycles. The first-order valence-electron chi connectivity index (χ1n) is 9.95. The predicted octanol–water partition coefficient (Wildman–Crippen LogP) is 3.43. The van der Waals surface area contributed by atoms with Gasteiger partial charge in [-0.2, -0.15) is 13.2 Å². The molecule has 31 heavy (non-hydrogen) atoms. The quantitative estimate of drug-likeness (QED) is 0.713. The molecule has 0 saturated carbocycles. The van der Waals surface area contributed by atoms with E-state index in [0.29, 0.717) is 49.4 Å². The van der Waals surface area contributed by atoms with Crippen molar-refractivity contribution in [2.75, 3.05) is 39.3 Å². The average molecular weight is 431 g/mol. The molecule has 1 aliphatic rings. The second-order valence-electron chi connectivity index (χ2n) is 7.28. The van der Waals surface area contributed by atoms with Crippen LogP contribution in [-0.4, -0.2) is 60.9 Å². The molecule has 1 heterocycles. The van der Waals surface area contributed by atoms with E-state index in [1.54, 1.807) is 35.2 Å². The van der Waals surface area contributed by atoms with Crippen molar-refractivity contribution in [1.82, 2.24) is 15.1 Å². The molecular formula is C23H24F3N3O2. The third kappa shape index (κ3) is 5.73. The number of carbonyl (C=O) groups excluding carboxylic acids is 2. The molecule has 2 aromatic carbocycles. The van der Waals surface area contributed by atoms with Gasteiger partial charge < -0.3 is 10.2 Å². The first kappa shape index (κ1) is 22.6. The van der Waals surface area contributed by atoms with Crippen LogP contribution in [0.25, 0.3) is 11.1 Å².